The number of hydrogen-bond donors (Lipinski definition) is 1. The summed E-state index contributed by atoms with van der Waals surface area (Å²) in [7, 11) is 1.56. The minimum Gasteiger partial charge on any atom is -0.497 e. The highest BCUT2D eigenvalue weighted by atomic mass is 16.5. The maximum atomic E-state index is 11.4. The predicted molar refractivity (Wildman–Crippen MR) is 56.9 cm³/mol. The van der Waals surface area contributed by atoms with Gasteiger partial charge in [0, 0.05) is 18.0 Å². The average molecular weight is 205 g/mol. The summed E-state index contributed by atoms with van der Waals surface area (Å²) in [6, 6.07) is 7.05. The monoisotopic (exact) mass is 205 g/mol. The van der Waals surface area contributed by atoms with Crippen LogP contribution in [0.1, 0.15) is 5.56 Å². The number of fused-ring (bicyclic) bond motifs is 1. The van der Waals surface area contributed by atoms with Crippen molar-refractivity contribution in [3.8, 4) is 5.75 Å². The van der Waals surface area contributed by atoms with Crippen molar-refractivity contribution in [2.45, 2.75) is 6.54 Å². The van der Waals surface area contributed by atoms with Gasteiger partial charge >= 0.3 is 5.63 Å². The molecule has 2 rings (SSSR count). The Morgan fingerprint density at radius 3 is 2.87 bits per heavy atom. The molecule has 0 fully saturated rings. The normalized spacial score (nSPS) is 10.5. The Morgan fingerprint density at radius 1 is 1.40 bits per heavy atom. The lowest BCUT2D eigenvalue weighted by atomic mass is 10.2. The van der Waals surface area contributed by atoms with Crippen LogP contribution in [0.25, 0.3) is 11.0 Å². The van der Waals surface area contributed by atoms with E-state index in [1.807, 2.05) is 12.1 Å². The summed E-state index contributed by atoms with van der Waals surface area (Å²) >= 11 is 0. The summed E-state index contributed by atoms with van der Waals surface area (Å²) in [5, 5.41) is 0.843. The number of nitrogens with two attached hydrogens (primary N) is 1. The molecule has 0 aliphatic rings. The Hall–Kier alpha value is -1.81. The van der Waals surface area contributed by atoms with Gasteiger partial charge in [-0.15, -0.1) is 0 Å². The Bertz CT molecular complexity index is 545. The molecule has 2 N–H and O–H groups in total. The molecule has 0 unspecified atom stereocenters. The molecule has 0 spiro atoms. The van der Waals surface area contributed by atoms with Crippen LogP contribution in [0, 0.1) is 0 Å². The second-order valence-electron chi connectivity index (χ2n) is 3.17. The molecule has 0 amide bonds. The Labute approximate surface area is 86.3 Å². The van der Waals surface area contributed by atoms with Crippen LogP contribution in [0.15, 0.2) is 33.5 Å². The first-order valence-corrected chi connectivity index (χ1v) is 4.55. The van der Waals surface area contributed by atoms with Crippen LogP contribution in [0.4, 0.5) is 0 Å². The van der Waals surface area contributed by atoms with Gasteiger partial charge in [-0.3, -0.25) is 0 Å². The number of benzene rings is 1. The molecule has 4 nitrogen and oxygen atoms in total. The number of hydrogen-bond acceptors (Lipinski definition) is 4. The van der Waals surface area contributed by atoms with Crippen LogP contribution >= 0.6 is 0 Å². The zero-order valence-corrected chi connectivity index (χ0v) is 8.32. The van der Waals surface area contributed by atoms with Gasteiger partial charge < -0.3 is 14.9 Å². The van der Waals surface area contributed by atoms with Gasteiger partial charge in [0.2, 0.25) is 0 Å². The van der Waals surface area contributed by atoms with E-state index >= 15 is 0 Å². The van der Waals surface area contributed by atoms with Crippen molar-refractivity contribution >= 4 is 11.0 Å². The van der Waals surface area contributed by atoms with E-state index in [0.29, 0.717) is 16.9 Å². The van der Waals surface area contributed by atoms with E-state index in [1.54, 1.807) is 19.2 Å². The topological polar surface area (TPSA) is 65.5 Å². The highest BCUT2D eigenvalue weighted by Crippen LogP contribution is 2.19. The second kappa shape index (κ2) is 3.74. The standard InChI is InChI=1S/C11H11NO3/c1-14-9-3-2-7-4-8(6-12)11(13)15-10(7)5-9/h2-5H,6,12H2,1H3. The molecule has 0 saturated carbocycles. The molecule has 15 heavy (non-hydrogen) atoms. The Morgan fingerprint density at radius 2 is 2.20 bits per heavy atom. The zero-order valence-electron chi connectivity index (χ0n) is 8.32. The third kappa shape index (κ3) is 1.71. The first kappa shape index (κ1) is 9.73. The van der Waals surface area contributed by atoms with Gasteiger partial charge in [0.1, 0.15) is 11.3 Å². The number of rotatable bonds is 2. The molecule has 1 aromatic carbocycles. The molecule has 1 heterocycles. The fourth-order valence-electron chi connectivity index (χ4n) is 1.40. The van der Waals surface area contributed by atoms with Crippen LogP contribution in [0.2, 0.25) is 0 Å². The SMILES string of the molecule is COc1ccc2cc(CN)c(=O)oc2c1. The Kier molecular flexibility index (Phi) is 2.43. The van der Waals surface area contributed by atoms with Crippen molar-refractivity contribution in [1.29, 1.82) is 0 Å². The van der Waals surface area contributed by atoms with Gasteiger partial charge in [-0.1, -0.05) is 0 Å². The molecule has 78 valence electrons. The van der Waals surface area contributed by atoms with Gasteiger partial charge in [-0.05, 0) is 18.2 Å². The Balaban J connectivity index is 2.70. The van der Waals surface area contributed by atoms with E-state index in [2.05, 4.69) is 0 Å². The number of ether oxygens (including phenoxy) is 1. The zero-order chi connectivity index (χ0) is 10.8. The summed E-state index contributed by atoms with van der Waals surface area (Å²) in [6.45, 7) is 0.185. The van der Waals surface area contributed by atoms with E-state index in [-0.39, 0.29) is 6.54 Å². The van der Waals surface area contributed by atoms with Crippen molar-refractivity contribution in [2.24, 2.45) is 5.73 Å². The first-order valence-electron chi connectivity index (χ1n) is 4.55. The first-order chi connectivity index (χ1) is 7.24. The van der Waals surface area contributed by atoms with Crippen molar-refractivity contribution in [1.82, 2.24) is 0 Å². The molecule has 0 aliphatic heterocycles. The summed E-state index contributed by atoms with van der Waals surface area (Å²) in [4.78, 5) is 11.4. The van der Waals surface area contributed by atoms with E-state index < -0.39 is 5.63 Å². The van der Waals surface area contributed by atoms with Gasteiger partial charge in [-0.2, -0.15) is 0 Å². The fraction of sp³-hybridized carbons (Fsp3) is 0.182. The highest BCUT2D eigenvalue weighted by molar-refractivity contribution is 5.78. The van der Waals surface area contributed by atoms with Crippen LogP contribution in [-0.4, -0.2) is 7.11 Å². The van der Waals surface area contributed by atoms with Gasteiger partial charge in [-0.25, -0.2) is 4.79 Å². The highest BCUT2D eigenvalue weighted by Gasteiger charge is 2.04. The van der Waals surface area contributed by atoms with Crippen LogP contribution in [-0.2, 0) is 6.54 Å². The average Bonchev–Trinajstić information content (AvgIpc) is 2.27. The molecule has 1 aromatic heterocycles. The maximum absolute atomic E-state index is 11.4. The maximum Gasteiger partial charge on any atom is 0.340 e. The lowest BCUT2D eigenvalue weighted by molar-refractivity contribution is 0.414. The molecule has 4 heteroatoms. The summed E-state index contributed by atoms with van der Waals surface area (Å²) in [5.41, 5.74) is 6.01. The third-order valence-corrected chi connectivity index (χ3v) is 2.24. The summed E-state index contributed by atoms with van der Waals surface area (Å²) in [5.74, 6) is 0.658. The predicted octanol–water partition coefficient (Wildman–Crippen LogP) is 1.26. The van der Waals surface area contributed by atoms with Crippen LogP contribution < -0.4 is 16.1 Å². The van der Waals surface area contributed by atoms with Crippen molar-refractivity contribution < 1.29 is 9.15 Å². The lowest BCUT2D eigenvalue weighted by Crippen LogP contribution is -2.11. The summed E-state index contributed by atoms with van der Waals surface area (Å²) in [6.07, 6.45) is 0. The molecule has 0 saturated heterocycles. The van der Waals surface area contributed by atoms with Gasteiger partial charge in [0.15, 0.2) is 0 Å². The van der Waals surface area contributed by atoms with E-state index in [0.717, 1.165) is 5.39 Å². The van der Waals surface area contributed by atoms with Crippen LogP contribution in [0.5, 0.6) is 5.75 Å². The smallest absolute Gasteiger partial charge is 0.340 e. The lowest BCUT2D eigenvalue weighted by Gasteiger charge is -2.02. The number of methoxy groups -OCH3 is 1. The quantitative estimate of drug-likeness (QED) is 0.749. The largest absolute Gasteiger partial charge is 0.497 e. The van der Waals surface area contributed by atoms with Gasteiger partial charge in [0.25, 0.3) is 0 Å². The second-order valence-corrected chi connectivity index (χ2v) is 3.17. The molecule has 0 bridgehead atoms. The molecule has 0 radical (unpaired) electrons. The third-order valence-electron chi connectivity index (χ3n) is 2.24. The summed E-state index contributed by atoms with van der Waals surface area (Å²) < 4.78 is 10.1. The molecular formula is C11H11NO3. The van der Waals surface area contributed by atoms with E-state index in [9.17, 15) is 4.79 Å². The van der Waals surface area contributed by atoms with Crippen LogP contribution in [0.3, 0.4) is 0 Å². The molecule has 0 aliphatic carbocycles. The molecular weight excluding hydrogens is 194 g/mol. The van der Waals surface area contributed by atoms with Gasteiger partial charge in [0.05, 0.1) is 12.7 Å². The van der Waals surface area contributed by atoms with Crippen molar-refractivity contribution in [3.63, 3.8) is 0 Å². The molecule has 0 atom stereocenters. The minimum absolute atomic E-state index is 0.185. The van der Waals surface area contributed by atoms with Crippen molar-refractivity contribution in [3.05, 3.63) is 40.2 Å². The van der Waals surface area contributed by atoms with E-state index in [1.165, 1.54) is 0 Å². The van der Waals surface area contributed by atoms with E-state index in [4.69, 9.17) is 14.9 Å². The fourth-order valence-corrected chi connectivity index (χ4v) is 1.40. The van der Waals surface area contributed by atoms with Crippen molar-refractivity contribution in [2.75, 3.05) is 7.11 Å². The minimum atomic E-state index is -0.391. The molecule has 2 aromatic rings.